The van der Waals surface area contributed by atoms with E-state index in [4.69, 9.17) is 4.74 Å². The number of aryl methyl sites for hydroxylation is 2. The molecule has 2 heterocycles. The maximum absolute atomic E-state index is 5.26. The first-order chi connectivity index (χ1) is 7.40. The number of hydrogen-bond donors (Lipinski definition) is 1. The van der Waals surface area contributed by atoms with Crippen molar-refractivity contribution in [1.29, 1.82) is 0 Å². The molecule has 2 aromatic heterocycles. The molecule has 1 aliphatic carbocycles. The molecule has 3 heteroatoms. The van der Waals surface area contributed by atoms with Gasteiger partial charge in [0, 0.05) is 17.3 Å². The summed E-state index contributed by atoms with van der Waals surface area (Å²) in [6, 6.07) is 2.08. The second-order valence-electron chi connectivity index (χ2n) is 4.03. The molecule has 1 N–H and O–H groups in total. The lowest BCUT2D eigenvalue weighted by atomic mass is 9.96. The fourth-order valence-corrected chi connectivity index (χ4v) is 2.46. The van der Waals surface area contributed by atoms with Crippen molar-refractivity contribution in [2.24, 2.45) is 0 Å². The van der Waals surface area contributed by atoms with Gasteiger partial charge < -0.3 is 9.72 Å². The van der Waals surface area contributed by atoms with E-state index in [0.717, 1.165) is 11.9 Å². The van der Waals surface area contributed by atoms with E-state index in [0.29, 0.717) is 5.88 Å². The molecule has 1 aliphatic rings. The van der Waals surface area contributed by atoms with Crippen LogP contribution in [0.3, 0.4) is 0 Å². The second kappa shape index (κ2) is 3.26. The van der Waals surface area contributed by atoms with Crippen LogP contribution in [0.15, 0.2) is 12.3 Å². The molecule has 0 aromatic carbocycles. The minimum absolute atomic E-state index is 0.710. The fourth-order valence-electron chi connectivity index (χ4n) is 2.46. The van der Waals surface area contributed by atoms with Gasteiger partial charge in [0.15, 0.2) is 0 Å². The van der Waals surface area contributed by atoms with Crippen molar-refractivity contribution >= 4 is 10.9 Å². The van der Waals surface area contributed by atoms with E-state index in [1.807, 2.05) is 6.20 Å². The summed E-state index contributed by atoms with van der Waals surface area (Å²) in [7, 11) is 1.67. The van der Waals surface area contributed by atoms with Crippen LogP contribution in [0.5, 0.6) is 5.88 Å². The van der Waals surface area contributed by atoms with Crippen molar-refractivity contribution in [2.45, 2.75) is 25.7 Å². The highest BCUT2D eigenvalue weighted by molar-refractivity contribution is 5.88. The van der Waals surface area contributed by atoms with Crippen molar-refractivity contribution in [3.05, 3.63) is 23.5 Å². The average molecular weight is 202 g/mol. The maximum Gasteiger partial charge on any atom is 0.238 e. The molecule has 0 aliphatic heterocycles. The van der Waals surface area contributed by atoms with E-state index in [2.05, 4.69) is 16.0 Å². The molecule has 78 valence electrons. The van der Waals surface area contributed by atoms with Gasteiger partial charge in [0.2, 0.25) is 5.88 Å². The summed E-state index contributed by atoms with van der Waals surface area (Å²) in [5.74, 6) is 0.710. The van der Waals surface area contributed by atoms with Crippen LogP contribution in [0, 0.1) is 0 Å². The summed E-state index contributed by atoms with van der Waals surface area (Å²) in [4.78, 5) is 7.66. The molecule has 0 spiro atoms. The lowest BCUT2D eigenvalue weighted by molar-refractivity contribution is 0.402. The molecule has 2 aromatic rings. The van der Waals surface area contributed by atoms with Crippen LogP contribution in [-0.2, 0) is 12.8 Å². The number of ether oxygens (including phenoxy) is 1. The summed E-state index contributed by atoms with van der Waals surface area (Å²) in [6.45, 7) is 0. The Labute approximate surface area is 88.5 Å². The van der Waals surface area contributed by atoms with Crippen LogP contribution in [0.25, 0.3) is 10.9 Å². The fraction of sp³-hybridized carbons (Fsp3) is 0.417. The zero-order valence-corrected chi connectivity index (χ0v) is 8.84. The quantitative estimate of drug-likeness (QED) is 0.771. The van der Waals surface area contributed by atoms with Crippen molar-refractivity contribution in [1.82, 2.24) is 9.97 Å². The van der Waals surface area contributed by atoms with Gasteiger partial charge in [0.1, 0.15) is 5.52 Å². The van der Waals surface area contributed by atoms with Gasteiger partial charge in [0.05, 0.1) is 7.11 Å². The molecule has 0 fully saturated rings. The van der Waals surface area contributed by atoms with Gasteiger partial charge in [-0.3, -0.25) is 0 Å². The van der Waals surface area contributed by atoms with Crippen LogP contribution >= 0.6 is 0 Å². The number of hydrogen-bond acceptors (Lipinski definition) is 2. The number of nitrogens with one attached hydrogen (secondary N) is 1. The van der Waals surface area contributed by atoms with Crippen molar-refractivity contribution in [3.63, 3.8) is 0 Å². The SMILES string of the molecule is COc1nccc2c3c([nH]c12)CCCC3. The molecule has 0 radical (unpaired) electrons. The molecule has 0 saturated carbocycles. The number of rotatable bonds is 1. The predicted octanol–water partition coefficient (Wildman–Crippen LogP) is 2.45. The molecule has 15 heavy (non-hydrogen) atoms. The van der Waals surface area contributed by atoms with Crippen molar-refractivity contribution < 1.29 is 4.74 Å². The zero-order valence-electron chi connectivity index (χ0n) is 8.84. The summed E-state index contributed by atoms with van der Waals surface area (Å²) in [5.41, 5.74) is 3.91. The highest BCUT2D eigenvalue weighted by Crippen LogP contribution is 2.32. The Morgan fingerprint density at radius 2 is 2.20 bits per heavy atom. The van der Waals surface area contributed by atoms with E-state index in [1.54, 1.807) is 7.11 Å². The molecule has 3 nitrogen and oxygen atoms in total. The standard InChI is InChI=1S/C12H14N2O/c1-15-12-11-9(6-7-13-12)8-4-2-3-5-10(8)14-11/h6-7,14H,2-5H2,1H3. The van der Waals surface area contributed by atoms with Crippen LogP contribution in [0.4, 0.5) is 0 Å². The largest absolute Gasteiger partial charge is 0.479 e. The van der Waals surface area contributed by atoms with Crippen LogP contribution in [0.2, 0.25) is 0 Å². The van der Waals surface area contributed by atoms with Gasteiger partial charge in [-0.2, -0.15) is 0 Å². The smallest absolute Gasteiger partial charge is 0.238 e. The van der Waals surface area contributed by atoms with Crippen molar-refractivity contribution in [3.8, 4) is 5.88 Å². The number of pyridine rings is 1. The Kier molecular flexibility index (Phi) is 1.91. The summed E-state index contributed by atoms with van der Waals surface area (Å²) in [6.07, 6.45) is 6.75. The second-order valence-corrected chi connectivity index (χ2v) is 4.03. The maximum atomic E-state index is 5.26. The minimum Gasteiger partial charge on any atom is -0.479 e. The number of aromatic amines is 1. The average Bonchev–Trinajstić information content (AvgIpc) is 2.67. The van der Waals surface area contributed by atoms with Crippen LogP contribution in [0.1, 0.15) is 24.1 Å². The molecule has 0 atom stereocenters. The molecule has 0 unspecified atom stereocenters. The minimum atomic E-state index is 0.710. The Bertz CT molecular complexity index is 502. The first-order valence-corrected chi connectivity index (χ1v) is 5.42. The number of aromatic nitrogens is 2. The zero-order chi connectivity index (χ0) is 10.3. The Morgan fingerprint density at radius 1 is 1.33 bits per heavy atom. The predicted molar refractivity (Wildman–Crippen MR) is 59.3 cm³/mol. The Balaban J connectivity index is 2.31. The van der Waals surface area contributed by atoms with E-state index in [1.165, 1.54) is 35.9 Å². The summed E-state index contributed by atoms with van der Waals surface area (Å²) in [5, 5.41) is 1.29. The van der Waals surface area contributed by atoms with Crippen molar-refractivity contribution in [2.75, 3.05) is 7.11 Å². The van der Waals surface area contributed by atoms with Gasteiger partial charge in [-0.15, -0.1) is 0 Å². The Morgan fingerprint density at radius 3 is 3.07 bits per heavy atom. The topological polar surface area (TPSA) is 37.9 Å². The van der Waals surface area contributed by atoms with E-state index >= 15 is 0 Å². The number of nitrogens with zero attached hydrogens (tertiary/aromatic N) is 1. The summed E-state index contributed by atoms with van der Waals surface area (Å²) >= 11 is 0. The number of methoxy groups -OCH3 is 1. The normalized spacial score (nSPS) is 15.3. The van der Waals surface area contributed by atoms with Crippen LogP contribution in [-0.4, -0.2) is 17.1 Å². The number of H-pyrrole nitrogens is 1. The highest BCUT2D eigenvalue weighted by Gasteiger charge is 2.17. The van der Waals surface area contributed by atoms with Gasteiger partial charge in [-0.1, -0.05) is 0 Å². The highest BCUT2D eigenvalue weighted by atomic mass is 16.5. The van der Waals surface area contributed by atoms with Gasteiger partial charge in [0.25, 0.3) is 0 Å². The first kappa shape index (κ1) is 8.77. The number of fused-ring (bicyclic) bond motifs is 3. The Hall–Kier alpha value is -1.51. The lowest BCUT2D eigenvalue weighted by Crippen LogP contribution is -1.99. The molecule has 0 bridgehead atoms. The molecular weight excluding hydrogens is 188 g/mol. The molecule has 3 rings (SSSR count). The molecule has 0 saturated heterocycles. The third kappa shape index (κ3) is 1.23. The third-order valence-corrected chi connectivity index (χ3v) is 3.18. The van der Waals surface area contributed by atoms with Gasteiger partial charge in [-0.05, 0) is 37.3 Å². The van der Waals surface area contributed by atoms with E-state index in [-0.39, 0.29) is 0 Å². The van der Waals surface area contributed by atoms with Gasteiger partial charge in [-0.25, -0.2) is 4.98 Å². The van der Waals surface area contributed by atoms with Gasteiger partial charge >= 0.3 is 0 Å². The van der Waals surface area contributed by atoms with E-state index < -0.39 is 0 Å². The van der Waals surface area contributed by atoms with Crippen LogP contribution < -0.4 is 4.74 Å². The summed E-state index contributed by atoms with van der Waals surface area (Å²) < 4.78 is 5.26. The van der Waals surface area contributed by atoms with E-state index in [9.17, 15) is 0 Å². The lowest BCUT2D eigenvalue weighted by Gasteiger charge is -2.10. The third-order valence-electron chi connectivity index (χ3n) is 3.18. The first-order valence-electron chi connectivity index (χ1n) is 5.42. The molecule has 0 amide bonds. The molecular formula is C12H14N2O. The monoisotopic (exact) mass is 202 g/mol.